The molecule has 3 rings (SSSR count). The smallest absolute Gasteiger partial charge is 0.274 e. The molecule has 140 valence electrons. The van der Waals surface area contributed by atoms with Crippen molar-refractivity contribution in [3.63, 3.8) is 0 Å². The molecular formula is C17H16FN5O3S. The van der Waals surface area contributed by atoms with Crippen LogP contribution < -0.4 is 4.90 Å². The number of hydrogen-bond donors (Lipinski definition) is 0. The number of amides is 1. The fraction of sp³-hybridized carbons (Fsp3) is 0.235. The van der Waals surface area contributed by atoms with Gasteiger partial charge in [-0.15, -0.1) is 11.3 Å². The first-order chi connectivity index (χ1) is 12.8. The van der Waals surface area contributed by atoms with E-state index >= 15 is 0 Å². The van der Waals surface area contributed by atoms with Gasteiger partial charge in [-0.3, -0.25) is 24.5 Å². The van der Waals surface area contributed by atoms with E-state index in [0.29, 0.717) is 22.2 Å². The maximum Gasteiger partial charge on any atom is 0.312 e. The van der Waals surface area contributed by atoms with E-state index in [1.807, 2.05) is 0 Å². The van der Waals surface area contributed by atoms with E-state index in [-0.39, 0.29) is 23.8 Å². The highest BCUT2D eigenvalue weighted by atomic mass is 32.1. The van der Waals surface area contributed by atoms with Crippen LogP contribution in [0.15, 0.2) is 29.6 Å². The Bertz CT molecular complexity index is 1030. The summed E-state index contributed by atoms with van der Waals surface area (Å²) >= 11 is 1.18. The fourth-order valence-corrected chi connectivity index (χ4v) is 3.64. The third kappa shape index (κ3) is 3.56. The summed E-state index contributed by atoms with van der Waals surface area (Å²) < 4.78 is 15.6. The number of halogens is 1. The molecule has 0 aliphatic carbocycles. The third-order valence-corrected chi connectivity index (χ3v) is 4.85. The molecule has 0 spiro atoms. The summed E-state index contributed by atoms with van der Waals surface area (Å²) in [6.07, 6.45) is 0. The van der Waals surface area contributed by atoms with Crippen LogP contribution in [0.25, 0.3) is 0 Å². The van der Waals surface area contributed by atoms with Crippen LogP contribution in [-0.4, -0.2) is 25.6 Å². The quantitative estimate of drug-likeness (QED) is 0.489. The number of nitrogens with zero attached hydrogens (tertiary/aromatic N) is 5. The molecule has 2 heterocycles. The van der Waals surface area contributed by atoms with Crippen molar-refractivity contribution in [2.75, 3.05) is 4.90 Å². The summed E-state index contributed by atoms with van der Waals surface area (Å²) in [5, 5.41) is 17.3. The second-order valence-electron chi connectivity index (χ2n) is 5.86. The number of thiazole rings is 1. The minimum Gasteiger partial charge on any atom is -0.274 e. The van der Waals surface area contributed by atoms with Crippen molar-refractivity contribution >= 4 is 33.8 Å². The Morgan fingerprint density at radius 3 is 2.67 bits per heavy atom. The molecule has 2 aromatic heterocycles. The van der Waals surface area contributed by atoms with Gasteiger partial charge in [-0.25, -0.2) is 9.37 Å². The maximum absolute atomic E-state index is 14.1. The number of carbonyl (C=O) groups is 1. The predicted octanol–water partition coefficient (Wildman–Crippen LogP) is 3.74. The normalized spacial score (nSPS) is 10.8. The number of nitro groups is 1. The minimum absolute atomic E-state index is 0.0258. The lowest BCUT2D eigenvalue weighted by Gasteiger charge is -2.18. The fourth-order valence-electron chi connectivity index (χ4n) is 2.77. The number of carbonyl (C=O) groups excluding carboxylic acids is 1. The Balaban J connectivity index is 1.92. The lowest BCUT2D eigenvalue weighted by Crippen LogP contribution is -2.23. The van der Waals surface area contributed by atoms with Crippen molar-refractivity contribution in [1.82, 2.24) is 14.8 Å². The lowest BCUT2D eigenvalue weighted by molar-refractivity contribution is -0.386. The first-order valence-corrected chi connectivity index (χ1v) is 8.85. The highest BCUT2D eigenvalue weighted by molar-refractivity contribution is 7.14. The molecule has 1 amide bonds. The Hall–Kier alpha value is -3.14. The van der Waals surface area contributed by atoms with Crippen LogP contribution in [0.5, 0.6) is 0 Å². The number of para-hydroxylation sites is 1. The van der Waals surface area contributed by atoms with Gasteiger partial charge >= 0.3 is 5.69 Å². The second kappa shape index (κ2) is 7.23. The zero-order valence-corrected chi connectivity index (χ0v) is 15.7. The van der Waals surface area contributed by atoms with Gasteiger partial charge < -0.3 is 0 Å². The zero-order valence-electron chi connectivity index (χ0n) is 14.8. The average Bonchev–Trinajstić information content (AvgIpc) is 3.14. The van der Waals surface area contributed by atoms with Crippen LogP contribution >= 0.6 is 11.3 Å². The standard InChI is InChI=1S/C17H16FN5O3S/c1-10-16(23(25)26)11(2)21(20-10)8-13-9-27-17(19-13)22(12(3)24)15-7-5-4-6-14(15)18/h4-7,9H,8H2,1-3H3. The van der Waals surface area contributed by atoms with E-state index in [9.17, 15) is 19.3 Å². The van der Waals surface area contributed by atoms with Gasteiger partial charge in [0.25, 0.3) is 0 Å². The molecule has 0 atom stereocenters. The third-order valence-electron chi connectivity index (χ3n) is 3.98. The van der Waals surface area contributed by atoms with Crippen molar-refractivity contribution in [2.24, 2.45) is 0 Å². The number of anilines is 2. The van der Waals surface area contributed by atoms with E-state index in [1.54, 1.807) is 31.4 Å². The van der Waals surface area contributed by atoms with E-state index in [2.05, 4.69) is 10.1 Å². The first kappa shape index (κ1) is 18.6. The number of rotatable bonds is 5. The Morgan fingerprint density at radius 2 is 2.07 bits per heavy atom. The molecule has 0 saturated heterocycles. The van der Waals surface area contributed by atoms with Crippen molar-refractivity contribution < 1.29 is 14.1 Å². The number of aryl methyl sites for hydroxylation is 1. The van der Waals surface area contributed by atoms with Gasteiger partial charge in [-0.05, 0) is 26.0 Å². The van der Waals surface area contributed by atoms with Gasteiger partial charge in [0.15, 0.2) is 5.13 Å². The molecule has 0 saturated carbocycles. The zero-order chi connectivity index (χ0) is 19.7. The molecule has 0 unspecified atom stereocenters. The highest BCUT2D eigenvalue weighted by Crippen LogP contribution is 2.31. The lowest BCUT2D eigenvalue weighted by atomic mass is 10.3. The van der Waals surface area contributed by atoms with Crippen LogP contribution in [0.1, 0.15) is 24.0 Å². The summed E-state index contributed by atoms with van der Waals surface area (Å²) in [5.41, 5.74) is 1.40. The van der Waals surface area contributed by atoms with Crippen LogP contribution in [0.3, 0.4) is 0 Å². The summed E-state index contributed by atoms with van der Waals surface area (Å²) in [4.78, 5) is 28.3. The van der Waals surface area contributed by atoms with Crippen molar-refractivity contribution in [3.8, 4) is 0 Å². The van der Waals surface area contributed by atoms with Crippen LogP contribution in [0, 0.1) is 29.8 Å². The maximum atomic E-state index is 14.1. The van der Waals surface area contributed by atoms with Crippen LogP contribution in [0.4, 0.5) is 20.9 Å². The summed E-state index contributed by atoms with van der Waals surface area (Å²) in [6, 6.07) is 5.95. The molecule has 1 aromatic carbocycles. The molecule has 27 heavy (non-hydrogen) atoms. The van der Waals surface area contributed by atoms with E-state index in [1.165, 1.54) is 40.0 Å². The van der Waals surface area contributed by atoms with E-state index in [0.717, 1.165) is 0 Å². The van der Waals surface area contributed by atoms with E-state index in [4.69, 9.17) is 0 Å². The number of aromatic nitrogens is 3. The molecule has 0 N–H and O–H groups in total. The Kier molecular flexibility index (Phi) is 5.00. The van der Waals surface area contributed by atoms with Crippen LogP contribution in [-0.2, 0) is 11.3 Å². The molecular weight excluding hydrogens is 373 g/mol. The molecule has 8 nitrogen and oxygen atoms in total. The Labute approximate surface area is 158 Å². The number of benzene rings is 1. The minimum atomic E-state index is -0.529. The highest BCUT2D eigenvalue weighted by Gasteiger charge is 2.24. The van der Waals surface area contributed by atoms with Crippen LogP contribution in [0.2, 0.25) is 0 Å². The van der Waals surface area contributed by atoms with Crippen molar-refractivity contribution in [3.05, 3.63) is 62.7 Å². The SMILES string of the molecule is CC(=O)N(c1nc(Cn2nc(C)c([N+](=O)[O-])c2C)cs1)c1ccccc1F. The molecule has 0 bridgehead atoms. The average molecular weight is 389 g/mol. The molecule has 3 aromatic rings. The summed E-state index contributed by atoms with van der Waals surface area (Å²) in [5.74, 6) is -0.902. The Morgan fingerprint density at radius 1 is 1.37 bits per heavy atom. The van der Waals surface area contributed by atoms with Gasteiger partial charge in [0, 0.05) is 12.3 Å². The predicted molar refractivity (Wildman–Crippen MR) is 98.8 cm³/mol. The largest absolute Gasteiger partial charge is 0.312 e. The summed E-state index contributed by atoms with van der Waals surface area (Å²) in [7, 11) is 0. The van der Waals surface area contributed by atoms with Crippen molar-refractivity contribution in [2.45, 2.75) is 27.3 Å². The molecule has 10 heteroatoms. The monoisotopic (exact) mass is 389 g/mol. The molecule has 0 aliphatic heterocycles. The second-order valence-corrected chi connectivity index (χ2v) is 6.70. The van der Waals surface area contributed by atoms with Gasteiger partial charge in [0.1, 0.15) is 17.2 Å². The number of hydrogen-bond acceptors (Lipinski definition) is 6. The van der Waals surface area contributed by atoms with E-state index < -0.39 is 10.7 Å². The van der Waals surface area contributed by atoms with Gasteiger partial charge in [-0.2, -0.15) is 5.10 Å². The molecule has 0 aliphatic rings. The first-order valence-electron chi connectivity index (χ1n) is 7.97. The molecule has 0 fully saturated rings. The van der Waals surface area contributed by atoms with Crippen molar-refractivity contribution in [1.29, 1.82) is 0 Å². The van der Waals surface area contributed by atoms with Gasteiger partial charge in [-0.1, -0.05) is 12.1 Å². The molecule has 0 radical (unpaired) electrons. The van der Waals surface area contributed by atoms with Gasteiger partial charge in [0.2, 0.25) is 5.91 Å². The topological polar surface area (TPSA) is 94.2 Å². The van der Waals surface area contributed by atoms with Gasteiger partial charge in [0.05, 0.1) is 22.8 Å². The summed E-state index contributed by atoms with van der Waals surface area (Å²) in [6.45, 7) is 4.73.